The van der Waals surface area contributed by atoms with Gasteiger partial charge < -0.3 is 0 Å². The van der Waals surface area contributed by atoms with Crippen LogP contribution in [0.15, 0.2) is 28.6 Å². The van der Waals surface area contributed by atoms with Gasteiger partial charge in [0.05, 0.1) is 11.9 Å². The number of nitrogens with zero attached hydrogens (tertiary/aromatic N) is 3. The molecule has 24 heavy (non-hydrogen) atoms. The van der Waals surface area contributed by atoms with Crippen LogP contribution in [-0.2, 0) is 10.0 Å². The van der Waals surface area contributed by atoms with Crippen molar-refractivity contribution in [2.45, 2.75) is 23.4 Å². The molecule has 0 radical (unpaired) electrons. The summed E-state index contributed by atoms with van der Waals surface area (Å²) in [6.07, 6.45) is 1.12. The molecule has 0 fully saturated rings. The van der Waals surface area contributed by atoms with Crippen LogP contribution in [0.1, 0.15) is 24.2 Å². The van der Waals surface area contributed by atoms with Gasteiger partial charge in [0.2, 0.25) is 15.2 Å². The molecule has 0 bridgehead atoms. The topological polar surface area (TPSA) is 92.3 Å². The number of carbonyl (C=O) groups excluding carboxylic acids is 1. The monoisotopic (exact) mass is 386 g/mol. The van der Waals surface area contributed by atoms with E-state index in [1.807, 2.05) is 0 Å². The molecule has 0 spiro atoms. The van der Waals surface area contributed by atoms with Crippen molar-refractivity contribution in [1.82, 2.24) is 10.2 Å². The van der Waals surface area contributed by atoms with Crippen molar-refractivity contribution in [1.29, 1.82) is 0 Å². The van der Waals surface area contributed by atoms with Gasteiger partial charge in [-0.3, -0.25) is 14.4 Å². The molecule has 7 nitrogen and oxygen atoms in total. The minimum absolute atomic E-state index is 0.319. The van der Waals surface area contributed by atoms with Crippen LogP contribution in [-0.4, -0.2) is 43.1 Å². The molecule has 2 aromatic rings. The van der Waals surface area contributed by atoms with Crippen molar-refractivity contribution in [2.24, 2.45) is 0 Å². The minimum atomic E-state index is -3.33. The van der Waals surface area contributed by atoms with Crippen LogP contribution >= 0.6 is 23.1 Å². The largest absolute Gasteiger partial charge is 0.296 e. The van der Waals surface area contributed by atoms with Crippen molar-refractivity contribution in [2.75, 3.05) is 22.9 Å². The first-order valence-corrected chi connectivity index (χ1v) is 10.6. The Morgan fingerprint density at radius 1 is 1.25 bits per heavy atom. The SMILES string of the molecule is CC(C)Sc1nnc(NC(=O)c2ccc(N(C)S(C)(=O)=O)cc2)s1. The number of amides is 1. The third kappa shape index (κ3) is 4.92. The van der Waals surface area contributed by atoms with Crippen LogP contribution < -0.4 is 9.62 Å². The highest BCUT2D eigenvalue weighted by Gasteiger charge is 2.14. The van der Waals surface area contributed by atoms with Crippen LogP contribution in [0.5, 0.6) is 0 Å². The lowest BCUT2D eigenvalue weighted by atomic mass is 10.2. The summed E-state index contributed by atoms with van der Waals surface area (Å²) in [6, 6.07) is 6.29. The van der Waals surface area contributed by atoms with Crippen LogP contribution in [0.2, 0.25) is 0 Å². The predicted molar refractivity (Wildman–Crippen MR) is 98.5 cm³/mol. The molecule has 0 saturated carbocycles. The molecule has 10 heteroatoms. The molecule has 0 saturated heterocycles. The summed E-state index contributed by atoms with van der Waals surface area (Å²) in [5.41, 5.74) is 0.898. The number of carbonyl (C=O) groups is 1. The second kappa shape index (κ2) is 7.49. The van der Waals surface area contributed by atoms with E-state index in [9.17, 15) is 13.2 Å². The van der Waals surface area contributed by atoms with Crippen molar-refractivity contribution >= 4 is 49.8 Å². The van der Waals surface area contributed by atoms with Crippen molar-refractivity contribution in [3.8, 4) is 0 Å². The molecular formula is C14H18N4O3S3. The number of rotatable bonds is 6. The van der Waals surface area contributed by atoms with Crippen molar-refractivity contribution in [3.63, 3.8) is 0 Å². The second-order valence-electron chi connectivity index (χ2n) is 5.27. The molecule has 1 aromatic heterocycles. The zero-order chi connectivity index (χ0) is 17.9. The molecule has 0 atom stereocenters. The Labute approximate surface area is 149 Å². The predicted octanol–water partition coefficient (Wildman–Crippen LogP) is 2.69. The van der Waals surface area contributed by atoms with Crippen LogP contribution in [0.25, 0.3) is 0 Å². The fourth-order valence-corrected chi connectivity index (χ4v) is 4.17. The normalized spacial score (nSPS) is 11.5. The van der Waals surface area contributed by atoms with Gasteiger partial charge in [0.1, 0.15) is 0 Å². The fraction of sp³-hybridized carbons (Fsp3) is 0.357. The van der Waals surface area contributed by atoms with Crippen molar-refractivity contribution < 1.29 is 13.2 Å². The smallest absolute Gasteiger partial charge is 0.257 e. The average Bonchev–Trinajstić information content (AvgIpc) is 2.92. The molecule has 1 aromatic carbocycles. The first-order chi connectivity index (χ1) is 11.2. The molecule has 0 aliphatic heterocycles. The number of aromatic nitrogens is 2. The van der Waals surface area contributed by atoms with Gasteiger partial charge in [0.25, 0.3) is 5.91 Å². The van der Waals surface area contributed by atoms with E-state index >= 15 is 0 Å². The third-order valence-electron chi connectivity index (χ3n) is 2.95. The first-order valence-electron chi connectivity index (χ1n) is 7.02. The van der Waals surface area contributed by atoms with E-state index in [0.29, 0.717) is 21.6 Å². The Balaban J connectivity index is 2.06. The summed E-state index contributed by atoms with van der Waals surface area (Å²) in [6.45, 7) is 4.11. The summed E-state index contributed by atoms with van der Waals surface area (Å²) in [4.78, 5) is 12.2. The van der Waals surface area contributed by atoms with E-state index < -0.39 is 10.0 Å². The van der Waals surface area contributed by atoms with E-state index in [4.69, 9.17) is 0 Å². The van der Waals surface area contributed by atoms with Crippen molar-refractivity contribution in [3.05, 3.63) is 29.8 Å². The molecule has 2 rings (SSSR count). The molecule has 1 amide bonds. The maximum Gasteiger partial charge on any atom is 0.257 e. The maximum absolute atomic E-state index is 12.2. The van der Waals surface area contributed by atoms with E-state index in [1.54, 1.807) is 36.0 Å². The fourth-order valence-electron chi connectivity index (χ4n) is 1.69. The zero-order valence-corrected chi connectivity index (χ0v) is 16.1. The van der Waals surface area contributed by atoms with Crippen LogP contribution in [0.3, 0.4) is 0 Å². The molecule has 0 aliphatic rings. The van der Waals surface area contributed by atoms with Gasteiger partial charge in [-0.15, -0.1) is 10.2 Å². The van der Waals surface area contributed by atoms with Gasteiger partial charge in [0, 0.05) is 17.9 Å². The Kier molecular flexibility index (Phi) is 5.83. The summed E-state index contributed by atoms with van der Waals surface area (Å²) in [5, 5.41) is 11.5. The van der Waals surface area contributed by atoms with E-state index in [-0.39, 0.29) is 5.91 Å². The van der Waals surface area contributed by atoms with E-state index in [0.717, 1.165) is 14.9 Å². The van der Waals surface area contributed by atoms with Crippen LogP contribution in [0.4, 0.5) is 10.8 Å². The van der Waals surface area contributed by atoms with Crippen LogP contribution in [0, 0.1) is 0 Å². The van der Waals surface area contributed by atoms with Gasteiger partial charge in [-0.05, 0) is 24.3 Å². The minimum Gasteiger partial charge on any atom is -0.296 e. The lowest BCUT2D eigenvalue weighted by Gasteiger charge is -2.16. The molecule has 130 valence electrons. The summed E-state index contributed by atoms with van der Waals surface area (Å²) in [7, 11) is -1.87. The Morgan fingerprint density at radius 3 is 2.42 bits per heavy atom. The third-order valence-corrected chi connectivity index (χ3v) is 6.09. The molecule has 1 N–H and O–H groups in total. The summed E-state index contributed by atoms with van der Waals surface area (Å²) < 4.78 is 24.9. The second-order valence-corrected chi connectivity index (χ2v) is 10.1. The standard InChI is InChI=1S/C14H18N4O3S3/c1-9(2)22-14-17-16-13(23-14)15-12(19)10-5-7-11(8-6-10)18(3)24(4,20)21/h5-9H,1-4H3,(H,15,16,19). The highest BCUT2D eigenvalue weighted by Crippen LogP contribution is 2.28. The van der Waals surface area contributed by atoms with Gasteiger partial charge in [-0.1, -0.05) is 36.9 Å². The highest BCUT2D eigenvalue weighted by molar-refractivity contribution is 8.01. The van der Waals surface area contributed by atoms with Gasteiger partial charge in [0.15, 0.2) is 4.34 Å². The van der Waals surface area contributed by atoms with Gasteiger partial charge >= 0.3 is 0 Å². The number of nitrogens with one attached hydrogen (secondary N) is 1. The lowest BCUT2D eigenvalue weighted by Crippen LogP contribution is -2.24. The average molecular weight is 387 g/mol. The molecular weight excluding hydrogens is 368 g/mol. The van der Waals surface area contributed by atoms with E-state index in [2.05, 4.69) is 29.4 Å². The number of thioether (sulfide) groups is 1. The number of hydrogen-bond acceptors (Lipinski definition) is 7. The summed E-state index contributed by atoms with van der Waals surface area (Å²) in [5.74, 6) is -0.319. The Bertz CT molecular complexity index is 816. The van der Waals surface area contributed by atoms with Gasteiger partial charge in [-0.2, -0.15) is 0 Å². The molecule has 0 aliphatic carbocycles. The molecule has 0 unspecified atom stereocenters. The maximum atomic E-state index is 12.2. The first kappa shape index (κ1) is 18.7. The Hall–Kier alpha value is -1.65. The Morgan fingerprint density at radius 2 is 1.88 bits per heavy atom. The lowest BCUT2D eigenvalue weighted by molar-refractivity contribution is 0.102. The summed E-state index contributed by atoms with van der Waals surface area (Å²) >= 11 is 2.90. The van der Waals surface area contributed by atoms with Gasteiger partial charge in [-0.25, -0.2) is 8.42 Å². The number of sulfonamides is 1. The van der Waals surface area contributed by atoms with E-state index in [1.165, 1.54) is 18.4 Å². The zero-order valence-electron chi connectivity index (χ0n) is 13.7. The quantitative estimate of drug-likeness (QED) is 0.606. The number of anilines is 2. The molecule has 1 heterocycles. The highest BCUT2D eigenvalue weighted by atomic mass is 32.2. The number of benzene rings is 1. The number of hydrogen-bond donors (Lipinski definition) is 1.